The molecule has 5 heteroatoms. The maximum Gasteiger partial charge on any atom is 0.342 e. The van der Waals surface area contributed by atoms with Gasteiger partial charge in [-0.1, -0.05) is 37.3 Å². The van der Waals surface area contributed by atoms with Crippen molar-refractivity contribution in [1.29, 1.82) is 0 Å². The Labute approximate surface area is 138 Å². The molecule has 0 aliphatic carbocycles. The van der Waals surface area contributed by atoms with E-state index < -0.39 is 5.97 Å². The molecule has 3 aromatic rings. The molecule has 2 N–H and O–H groups in total. The Kier molecular flexibility index (Phi) is 4.33. The average molecular weight is 323 g/mol. The number of fused-ring (bicyclic) bond motifs is 1. The summed E-state index contributed by atoms with van der Waals surface area (Å²) in [6.45, 7) is 1.67. The van der Waals surface area contributed by atoms with Crippen LogP contribution in [0.1, 0.15) is 33.2 Å². The van der Waals surface area contributed by atoms with Crippen molar-refractivity contribution in [2.75, 3.05) is 6.61 Å². The number of hydrogen-bond donors (Lipinski definition) is 2. The number of rotatable bonds is 5. The van der Waals surface area contributed by atoms with Gasteiger partial charge in [0.1, 0.15) is 11.3 Å². The molecule has 122 valence electrons. The molecule has 5 nitrogen and oxygen atoms in total. The minimum absolute atomic E-state index is 0.0393. The third-order valence-electron chi connectivity index (χ3n) is 3.94. The summed E-state index contributed by atoms with van der Waals surface area (Å²) in [7, 11) is 0. The zero-order valence-electron chi connectivity index (χ0n) is 13.2. The summed E-state index contributed by atoms with van der Waals surface area (Å²) < 4.78 is 5.04. The number of para-hydroxylation sites is 2. The normalized spacial score (nSPS) is 10.7. The van der Waals surface area contributed by atoms with Crippen LogP contribution in [0.15, 0.2) is 48.7 Å². The Morgan fingerprint density at radius 1 is 1.08 bits per heavy atom. The van der Waals surface area contributed by atoms with E-state index >= 15 is 0 Å². The average Bonchev–Trinajstić information content (AvgIpc) is 3.04. The van der Waals surface area contributed by atoms with E-state index in [1.807, 2.05) is 25.1 Å². The van der Waals surface area contributed by atoms with Crippen LogP contribution in [0, 0.1) is 0 Å². The Morgan fingerprint density at radius 2 is 1.88 bits per heavy atom. The fourth-order valence-corrected chi connectivity index (χ4v) is 2.68. The molecule has 0 bridgehead atoms. The smallest absolute Gasteiger partial charge is 0.342 e. The van der Waals surface area contributed by atoms with E-state index in [-0.39, 0.29) is 23.7 Å². The highest BCUT2D eigenvalue weighted by molar-refractivity contribution is 6.09. The first-order chi connectivity index (χ1) is 11.6. The van der Waals surface area contributed by atoms with Gasteiger partial charge in [0, 0.05) is 22.7 Å². The third-order valence-corrected chi connectivity index (χ3v) is 3.94. The van der Waals surface area contributed by atoms with E-state index in [9.17, 15) is 14.7 Å². The van der Waals surface area contributed by atoms with Gasteiger partial charge in [-0.3, -0.25) is 4.79 Å². The zero-order chi connectivity index (χ0) is 17.1. The molecule has 3 rings (SSSR count). The molecule has 0 fully saturated rings. The van der Waals surface area contributed by atoms with Crippen LogP contribution < -0.4 is 0 Å². The molecule has 2 aromatic carbocycles. The number of aromatic nitrogens is 1. The molecule has 24 heavy (non-hydrogen) atoms. The highest BCUT2D eigenvalue weighted by Gasteiger charge is 2.17. The van der Waals surface area contributed by atoms with E-state index in [1.54, 1.807) is 18.3 Å². The molecule has 0 spiro atoms. The van der Waals surface area contributed by atoms with Gasteiger partial charge in [-0.05, 0) is 24.1 Å². The number of H-pyrrole nitrogens is 1. The van der Waals surface area contributed by atoms with Crippen LogP contribution in [-0.4, -0.2) is 28.4 Å². The number of aromatic amines is 1. The molecule has 0 aliphatic rings. The van der Waals surface area contributed by atoms with Crippen molar-refractivity contribution in [3.05, 3.63) is 65.4 Å². The Hall–Kier alpha value is -3.08. The van der Waals surface area contributed by atoms with Crippen molar-refractivity contribution in [3.8, 4) is 5.75 Å². The predicted octanol–water partition coefficient (Wildman–Crippen LogP) is 3.48. The predicted molar refractivity (Wildman–Crippen MR) is 90.4 cm³/mol. The summed E-state index contributed by atoms with van der Waals surface area (Å²) in [5, 5.41) is 10.5. The molecular weight excluding hydrogens is 306 g/mol. The molecule has 0 unspecified atom stereocenters. The van der Waals surface area contributed by atoms with Gasteiger partial charge in [0.2, 0.25) is 5.78 Å². The maximum absolute atomic E-state index is 12.4. The molecule has 0 aliphatic heterocycles. The van der Waals surface area contributed by atoms with Gasteiger partial charge < -0.3 is 14.8 Å². The second-order valence-electron chi connectivity index (χ2n) is 5.41. The monoisotopic (exact) mass is 323 g/mol. The Morgan fingerprint density at radius 3 is 2.62 bits per heavy atom. The minimum atomic E-state index is -0.726. The number of aromatic hydroxyl groups is 1. The van der Waals surface area contributed by atoms with Crippen molar-refractivity contribution in [1.82, 2.24) is 4.98 Å². The first-order valence-corrected chi connectivity index (χ1v) is 7.69. The highest BCUT2D eigenvalue weighted by Crippen LogP contribution is 2.23. The molecule has 1 aromatic heterocycles. The molecular formula is C19H17NO4. The number of aryl methyl sites for hydroxylation is 1. The van der Waals surface area contributed by atoms with Crippen LogP contribution >= 0.6 is 0 Å². The van der Waals surface area contributed by atoms with Crippen molar-refractivity contribution in [3.63, 3.8) is 0 Å². The van der Waals surface area contributed by atoms with Gasteiger partial charge in [0.15, 0.2) is 6.61 Å². The largest absolute Gasteiger partial charge is 0.507 e. The zero-order valence-corrected chi connectivity index (χ0v) is 13.2. The first-order valence-electron chi connectivity index (χ1n) is 7.69. The molecule has 1 heterocycles. The molecule has 0 saturated heterocycles. The Balaban J connectivity index is 1.76. The van der Waals surface area contributed by atoms with E-state index in [2.05, 4.69) is 4.98 Å². The van der Waals surface area contributed by atoms with Gasteiger partial charge in [-0.15, -0.1) is 0 Å². The van der Waals surface area contributed by atoms with E-state index in [1.165, 1.54) is 12.1 Å². The quantitative estimate of drug-likeness (QED) is 0.556. The number of carbonyl (C=O) groups is 2. The summed E-state index contributed by atoms with van der Waals surface area (Å²) in [6.07, 6.45) is 2.49. The lowest BCUT2D eigenvalue weighted by atomic mass is 10.1. The van der Waals surface area contributed by atoms with Crippen LogP contribution in [0.2, 0.25) is 0 Å². The van der Waals surface area contributed by atoms with Crippen LogP contribution in [0.5, 0.6) is 5.75 Å². The number of carbonyl (C=O) groups excluding carboxylic acids is 2. The lowest BCUT2D eigenvalue weighted by Gasteiger charge is -2.05. The summed E-state index contributed by atoms with van der Waals surface area (Å²) in [5.41, 5.74) is 2.58. The maximum atomic E-state index is 12.4. The van der Waals surface area contributed by atoms with E-state index in [0.717, 1.165) is 22.9 Å². The number of ketones is 1. The number of phenols is 1. The summed E-state index contributed by atoms with van der Waals surface area (Å²) in [4.78, 5) is 27.5. The van der Waals surface area contributed by atoms with Gasteiger partial charge >= 0.3 is 5.97 Å². The number of esters is 1. The Bertz CT molecular complexity index is 911. The van der Waals surface area contributed by atoms with Gasteiger partial charge in [-0.25, -0.2) is 4.79 Å². The van der Waals surface area contributed by atoms with E-state index in [4.69, 9.17) is 4.74 Å². The number of hydrogen-bond acceptors (Lipinski definition) is 4. The van der Waals surface area contributed by atoms with Crippen LogP contribution in [0.25, 0.3) is 10.9 Å². The number of nitrogens with one attached hydrogen (secondary N) is 1. The van der Waals surface area contributed by atoms with Gasteiger partial charge in [0.05, 0.1) is 0 Å². The van der Waals surface area contributed by atoms with Crippen LogP contribution in [-0.2, 0) is 11.2 Å². The summed E-state index contributed by atoms with van der Waals surface area (Å²) in [6, 6.07) is 11.8. The van der Waals surface area contributed by atoms with Crippen molar-refractivity contribution >= 4 is 22.7 Å². The second-order valence-corrected chi connectivity index (χ2v) is 5.41. The second kappa shape index (κ2) is 6.58. The van der Waals surface area contributed by atoms with Crippen molar-refractivity contribution in [2.24, 2.45) is 0 Å². The molecule has 0 saturated carbocycles. The molecule has 0 amide bonds. The summed E-state index contributed by atoms with van der Waals surface area (Å²) in [5.74, 6) is -1.19. The fraction of sp³-hybridized carbons (Fsp3) is 0.158. The SMILES string of the molecule is CCc1cccc2c(C(=O)COC(=O)c3ccccc3O)c[nH]c12. The molecule has 0 atom stereocenters. The van der Waals surface area contributed by atoms with Gasteiger partial charge in [-0.2, -0.15) is 0 Å². The standard InChI is InChI=1S/C19H17NO4/c1-2-12-6-5-8-13-15(10-20-18(12)13)17(22)11-24-19(23)14-7-3-4-9-16(14)21/h3-10,20-21H,2,11H2,1H3. The highest BCUT2D eigenvalue weighted by atomic mass is 16.5. The van der Waals surface area contributed by atoms with E-state index in [0.29, 0.717) is 5.56 Å². The van der Waals surface area contributed by atoms with Crippen molar-refractivity contribution < 1.29 is 19.4 Å². The number of ether oxygens (including phenoxy) is 1. The summed E-state index contributed by atoms with van der Waals surface area (Å²) >= 11 is 0. The lowest BCUT2D eigenvalue weighted by molar-refractivity contribution is 0.0472. The number of Topliss-reactive ketones (excluding diaryl/α,β-unsaturated/α-hetero) is 1. The van der Waals surface area contributed by atoms with Gasteiger partial charge in [0.25, 0.3) is 0 Å². The van der Waals surface area contributed by atoms with Crippen LogP contribution in [0.4, 0.5) is 0 Å². The number of phenolic OH excluding ortho intramolecular Hbond substituents is 1. The van der Waals surface area contributed by atoms with Crippen molar-refractivity contribution in [2.45, 2.75) is 13.3 Å². The number of benzene rings is 2. The fourth-order valence-electron chi connectivity index (χ4n) is 2.68. The lowest BCUT2D eigenvalue weighted by Crippen LogP contribution is -2.14. The molecule has 0 radical (unpaired) electrons. The van der Waals surface area contributed by atoms with Crippen LogP contribution in [0.3, 0.4) is 0 Å². The minimum Gasteiger partial charge on any atom is -0.507 e. The third kappa shape index (κ3) is 2.88. The first kappa shape index (κ1) is 15.8. The topological polar surface area (TPSA) is 79.4 Å².